The van der Waals surface area contributed by atoms with Crippen LogP contribution < -0.4 is 5.56 Å². The molecule has 1 fully saturated rings. The fraction of sp³-hybridized carbons (Fsp3) is 0.562. The summed E-state index contributed by atoms with van der Waals surface area (Å²) in [6.45, 7) is 5.95. The molecule has 1 aliphatic rings. The minimum Gasteiger partial charge on any atom is -0.289 e. The zero-order valence-corrected chi connectivity index (χ0v) is 14.0. The third kappa shape index (κ3) is 3.12. The average Bonchev–Trinajstić information content (AvgIpc) is 3.02. The van der Waals surface area contributed by atoms with Gasteiger partial charge in [-0.2, -0.15) is 0 Å². The highest BCUT2D eigenvalue weighted by molar-refractivity contribution is 7.98. The number of aromatic nitrogens is 3. The Morgan fingerprint density at radius 3 is 2.57 bits per heavy atom. The van der Waals surface area contributed by atoms with Crippen LogP contribution in [0.25, 0.3) is 11.0 Å². The number of aryl methyl sites for hydroxylation is 1. The van der Waals surface area contributed by atoms with Crippen molar-refractivity contribution in [2.24, 2.45) is 0 Å². The number of hydrogen-bond donors (Lipinski definition) is 0. The first-order valence-corrected chi connectivity index (χ1v) is 8.86. The van der Waals surface area contributed by atoms with E-state index in [-0.39, 0.29) is 5.56 Å². The van der Waals surface area contributed by atoms with Crippen molar-refractivity contribution in [3.63, 3.8) is 0 Å². The summed E-state index contributed by atoms with van der Waals surface area (Å²) in [5.41, 5.74) is 1.83. The second-order valence-corrected chi connectivity index (χ2v) is 5.84. The minimum absolute atomic E-state index is 0.0719. The summed E-state index contributed by atoms with van der Waals surface area (Å²) in [6, 6.07) is 2.02. The van der Waals surface area contributed by atoms with Gasteiger partial charge in [-0.1, -0.05) is 38.5 Å². The van der Waals surface area contributed by atoms with E-state index in [1.54, 1.807) is 6.07 Å². The molecule has 0 N–H and O–H groups in total. The van der Waals surface area contributed by atoms with Gasteiger partial charge in [-0.25, -0.2) is 9.97 Å². The first-order chi connectivity index (χ1) is 10.2. The van der Waals surface area contributed by atoms with Crippen LogP contribution in [-0.2, 0) is 0 Å². The van der Waals surface area contributed by atoms with Gasteiger partial charge in [0.25, 0.3) is 5.56 Å². The van der Waals surface area contributed by atoms with Crippen molar-refractivity contribution in [1.29, 1.82) is 0 Å². The summed E-state index contributed by atoms with van der Waals surface area (Å²) in [5, 5.41) is 1.72. The molecule has 0 atom stereocenters. The van der Waals surface area contributed by atoms with Gasteiger partial charge in [-0.05, 0) is 31.6 Å². The molecule has 3 rings (SSSR count). The van der Waals surface area contributed by atoms with E-state index in [0.717, 1.165) is 34.6 Å². The quantitative estimate of drug-likeness (QED) is 0.622. The second-order valence-electron chi connectivity index (χ2n) is 5.07. The second kappa shape index (κ2) is 7.07. The van der Waals surface area contributed by atoms with Crippen LogP contribution in [0.2, 0.25) is 0 Å². The highest BCUT2D eigenvalue weighted by atomic mass is 32.2. The molecule has 0 bridgehead atoms. The van der Waals surface area contributed by atoms with Gasteiger partial charge in [0.05, 0.1) is 0 Å². The standard InChI is InChI=1S/C14H17N3OS.C2H6/c1-9-7-12(18)17(10-5-3-4-6-10)13-11(9)8-15-14(16-13)19-2;1-2/h7-8,10H,3-6H2,1-2H3;1-2H3. The topological polar surface area (TPSA) is 47.8 Å². The average molecular weight is 305 g/mol. The zero-order valence-electron chi connectivity index (χ0n) is 13.2. The molecule has 0 amide bonds. The predicted molar refractivity (Wildman–Crippen MR) is 89.2 cm³/mol. The smallest absolute Gasteiger partial charge is 0.252 e. The zero-order chi connectivity index (χ0) is 15.4. The lowest BCUT2D eigenvalue weighted by molar-refractivity contribution is 0.514. The molecule has 5 heteroatoms. The molecule has 0 aromatic carbocycles. The summed E-state index contributed by atoms with van der Waals surface area (Å²) in [6.07, 6.45) is 8.36. The predicted octanol–water partition coefficient (Wildman–Crippen LogP) is 3.96. The number of nitrogens with zero attached hydrogens (tertiary/aromatic N) is 3. The van der Waals surface area contributed by atoms with Gasteiger partial charge in [-0.15, -0.1) is 0 Å². The van der Waals surface area contributed by atoms with Crippen LogP contribution in [0, 0.1) is 6.92 Å². The molecule has 1 aliphatic carbocycles. The lowest BCUT2D eigenvalue weighted by Crippen LogP contribution is -2.24. The van der Waals surface area contributed by atoms with Crippen molar-refractivity contribution in [3.8, 4) is 0 Å². The van der Waals surface area contributed by atoms with Gasteiger partial charge in [0, 0.05) is 23.7 Å². The fourth-order valence-corrected chi connectivity index (χ4v) is 3.21. The van der Waals surface area contributed by atoms with E-state index in [1.165, 1.54) is 24.6 Å². The van der Waals surface area contributed by atoms with Crippen molar-refractivity contribution < 1.29 is 0 Å². The largest absolute Gasteiger partial charge is 0.289 e. The summed E-state index contributed by atoms with van der Waals surface area (Å²) in [7, 11) is 0. The third-order valence-electron chi connectivity index (χ3n) is 3.85. The van der Waals surface area contributed by atoms with E-state index >= 15 is 0 Å². The van der Waals surface area contributed by atoms with E-state index in [1.807, 2.05) is 37.8 Å². The monoisotopic (exact) mass is 305 g/mol. The summed E-state index contributed by atoms with van der Waals surface area (Å²) in [4.78, 5) is 21.2. The molecule has 0 aliphatic heterocycles. The Hall–Kier alpha value is -1.36. The SMILES string of the molecule is CC.CSc1ncc2c(C)cc(=O)n(C3CCCC3)c2n1. The van der Waals surface area contributed by atoms with Crippen molar-refractivity contribution >= 4 is 22.8 Å². The maximum Gasteiger partial charge on any atom is 0.252 e. The van der Waals surface area contributed by atoms with Crippen molar-refractivity contribution in [2.45, 2.75) is 57.7 Å². The Morgan fingerprint density at radius 2 is 1.95 bits per heavy atom. The third-order valence-corrected chi connectivity index (χ3v) is 4.41. The Kier molecular flexibility index (Phi) is 5.39. The molecule has 2 heterocycles. The van der Waals surface area contributed by atoms with Crippen LogP contribution in [0.15, 0.2) is 22.2 Å². The van der Waals surface area contributed by atoms with E-state index in [4.69, 9.17) is 0 Å². The molecular weight excluding hydrogens is 282 g/mol. The van der Waals surface area contributed by atoms with Crippen molar-refractivity contribution in [1.82, 2.24) is 14.5 Å². The van der Waals surface area contributed by atoms with Crippen LogP contribution in [0.1, 0.15) is 51.1 Å². The number of fused-ring (bicyclic) bond motifs is 1. The Labute approximate surface area is 130 Å². The molecule has 2 aromatic rings. The summed E-state index contributed by atoms with van der Waals surface area (Å²) >= 11 is 1.51. The van der Waals surface area contributed by atoms with Gasteiger partial charge in [0.2, 0.25) is 0 Å². The maximum absolute atomic E-state index is 12.3. The van der Waals surface area contributed by atoms with Gasteiger partial charge in [0.15, 0.2) is 5.16 Å². The lowest BCUT2D eigenvalue weighted by atomic mass is 10.1. The minimum atomic E-state index is 0.0719. The van der Waals surface area contributed by atoms with E-state index in [2.05, 4.69) is 9.97 Å². The van der Waals surface area contributed by atoms with Gasteiger partial charge >= 0.3 is 0 Å². The maximum atomic E-state index is 12.3. The molecule has 114 valence electrons. The molecule has 0 radical (unpaired) electrons. The fourth-order valence-electron chi connectivity index (χ4n) is 2.87. The molecule has 0 spiro atoms. The number of pyridine rings is 1. The molecule has 0 saturated heterocycles. The molecular formula is C16H23N3OS. The summed E-state index contributed by atoms with van der Waals surface area (Å²) in [5.74, 6) is 0. The number of hydrogen-bond acceptors (Lipinski definition) is 4. The first-order valence-electron chi connectivity index (χ1n) is 7.63. The van der Waals surface area contributed by atoms with Crippen LogP contribution >= 0.6 is 11.8 Å². The van der Waals surface area contributed by atoms with E-state index in [9.17, 15) is 4.79 Å². The summed E-state index contributed by atoms with van der Waals surface area (Å²) < 4.78 is 1.89. The van der Waals surface area contributed by atoms with Crippen LogP contribution in [-0.4, -0.2) is 20.8 Å². The highest BCUT2D eigenvalue weighted by Gasteiger charge is 2.21. The Balaban J connectivity index is 0.000000774. The molecule has 21 heavy (non-hydrogen) atoms. The normalized spacial score (nSPS) is 15.0. The van der Waals surface area contributed by atoms with Gasteiger partial charge < -0.3 is 0 Å². The first kappa shape index (κ1) is 16.0. The Morgan fingerprint density at radius 1 is 1.29 bits per heavy atom. The van der Waals surface area contributed by atoms with E-state index < -0.39 is 0 Å². The van der Waals surface area contributed by atoms with Gasteiger partial charge in [0.1, 0.15) is 5.65 Å². The van der Waals surface area contributed by atoms with E-state index in [0.29, 0.717) is 6.04 Å². The number of thioether (sulfide) groups is 1. The van der Waals surface area contributed by atoms with Crippen molar-refractivity contribution in [2.75, 3.05) is 6.26 Å². The van der Waals surface area contributed by atoms with Crippen LogP contribution in [0.3, 0.4) is 0 Å². The molecule has 1 saturated carbocycles. The van der Waals surface area contributed by atoms with Crippen LogP contribution in [0.5, 0.6) is 0 Å². The van der Waals surface area contributed by atoms with Crippen molar-refractivity contribution in [3.05, 3.63) is 28.2 Å². The highest BCUT2D eigenvalue weighted by Crippen LogP contribution is 2.31. The number of rotatable bonds is 2. The Bertz CT molecular complexity index is 675. The van der Waals surface area contributed by atoms with Gasteiger partial charge in [-0.3, -0.25) is 9.36 Å². The molecule has 4 nitrogen and oxygen atoms in total. The lowest BCUT2D eigenvalue weighted by Gasteiger charge is -2.17. The molecule has 0 unspecified atom stereocenters. The van der Waals surface area contributed by atoms with Crippen LogP contribution in [0.4, 0.5) is 0 Å². The molecule has 2 aromatic heterocycles.